The number of nitrogens with zero attached hydrogens (tertiary/aromatic N) is 1. The third-order valence-corrected chi connectivity index (χ3v) is 3.97. The van der Waals surface area contributed by atoms with Crippen molar-refractivity contribution in [1.82, 2.24) is 10.2 Å². The van der Waals surface area contributed by atoms with Crippen LogP contribution < -0.4 is 5.32 Å². The van der Waals surface area contributed by atoms with E-state index in [-0.39, 0.29) is 11.6 Å². The number of carbonyl (C=O) groups is 3. The number of nitrogens with one attached hydrogen (secondary N) is 1. The normalized spacial score (nSPS) is 17.4. The highest BCUT2D eigenvalue weighted by Gasteiger charge is 2.51. The maximum atomic E-state index is 12.1. The van der Waals surface area contributed by atoms with Gasteiger partial charge in [-0.05, 0) is 18.4 Å². The number of benzene rings is 1. The average Bonchev–Trinajstić information content (AvgIpc) is 3.34. The molecule has 0 atom stereocenters. The van der Waals surface area contributed by atoms with Crippen LogP contribution in [0.25, 0.3) is 0 Å². The lowest BCUT2D eigenvalue weighted by atomic mass is 10.2. The van der Waals surface area contributed by atoms with Crippen molar-refractivity contribution in [1.29, 1.82) is 0 Å². The Morgan fingerprint density at radius 2 is 1.75 bits per heavy atom. The molecular formula is C16H20N2O6. The molecule has 0 bridgehead atoms. The molecule has 24 heavy (non-hydrogen) atoms. The van der Waals surface area contributed by atoms with Gasteiger partial charge >= 0.3 is 18.0 Å². The molecule has 2 aliphatic rings. The number of carbonyl (C=O) groups excluding carboxylic acids is 1. The van der Waals surface area contributed by atoms with Crippen molar-refractivity contribution in [2.75, 3.05) is 19.6 Å². The number of ether oxygens (including phenoxy) is 1. The van der Waals surface area contributed by atoms with E-state index in [4.69, 9.17) is 24.5 Å². The standard InChI is InChI=1S/C14H18N2O2.C2H2O4/c17-13(18-10-12-4-2-1-3-5-12)16-9-8-15-11-14(16)6-7-14;3-1(4)2(5)6/h1-5,15H,6-11H2;(H,3,4)(H,5,6). The Labute approximate surface area is 139 Å². The fraction of sp³-hybridized carbons (Fsp3) is 0.438. The highest BCUT2D eigenvalue weighted by atomic mass is 16.6. The van der Waals surface area contributed by atoms with Crippen LogP contribution in [0.2, 0.25) is 0 Å². The van der Waals surface area contributed by atoms with E-state index in [2.05, 4.69) is 5.32 Å². The second kappa shape index (κ2) is 7.78. The second-order valence-electron chi connectivity index (χ2n) is 5.70. The Hall–Kier alpha value is -2.61. The zero-order chi connectivity index (χ0) is 17.6. The smallest absolute Gasteiger partial charge is 0.414 e. The number of carboxylic acid groups (broad SMARTS) is 2. The summed E-state index contributed by atoms with van der Waals surface area (Å²) in [6, 6.07) is 9.81. The Morgan fingerprint density at radius 3 is 2.29 bits per heavy atom. The van der Waals surface area contributed by atoms with Gasteiger partial charge in [-0.25, -0.2) is 14.4 Å². The minimum Gasteiger partial charge on any atom is -0.473 e. The predicted octanol–water partition coefficient (Wildman–Crippen LogP) is 0.917. The summed E-state index contributed by atoms with van der Waals surface area (Å²) in [5, 5.41) is 18.1. The Balaban J connectivity index is 0.000000301. The van der Waals surface area contributed by atoms with Gasteiger partial charge in [0.05, 0.1) is 5.54 Å². The maximum absolute atomic E-state index is 12.1. The number of aliphatic carboxylic acids is 2. The summed E-state index contributed by atoms with van der Waals surface area (Å²) in [7, 11) is 0. The summed E-state index contributed by atoms with van der Waals surface area (Å²) in [6.07, 6.45) is 2.03. The van der Waals surface area contributed by atoms with Crippen molar-refractivity contribution in [3.8, 4) is 0 Å². The van der Waals surface area contributed by atoms with Crippen LogP contribution in [0.5, 0.6) is 0 Å². The molecule has 0 aromatic heterocycles. The summed E-state index contributed by atoms with van der Waals surface area (Å²) < 4.78 is 5.40. The van der Waals surface area contributed by atoms with Crippen molar-refractivity contribution in [3.63, 3.8) is 0 Å². The van der Waals surface area contributed by atoms with E-state index in [0.29, 0.717) is 6.61 Å². The maximum Gasteiger partial charge on any atom is 0.414 e. The summed E-state index contributed by atoms with van der Waals surface area (Å²) in [5.74, 6) is -3.65. The van der Waals surface area contributed by atoms with Crippen LogP contribution in [0.15, 0.2) is 30.3 Å². The molecule has 1 aromatic rings. The molecule has 8 nitrogen and oxygen atoms in total. The van der Waals surface area contributed by atoms with Gasteiger partial charge in [0.2, 0.25) is 0 Å². The first-order chi connectivity index (χ1) is 11.4. The first kappa shape index (κ1) is 17.7. The van der Waals surface area contributed by atoms with Crippen molar-refractivity contribution in [2.45, 2.75) is 25.0 Å². The van der Waals surface area contributed by atoms with Crippen LogP contribution in [0, 0.1) is 0 Å². The van der Waals surface area contributed by atoms with E-state index in [1.54, 1.807) is 0 Å². The molecule has 2 fully saturated rings. The fourth-order valence-electron chi connectivity index (χ4n) is 2.52. The van der Waals surface area contributed by atoms with E-state index < -0.39 is 11.9 Å². The lowest BCUT2D eigenvalue weighted by molar-refractivity contribution is -0.159. The van der Waals surface area contributed by atoms with Gasteiger partial charge < -0.3 is 20.3 Å². The summed E-state index contributed by atoms with van der Waals surface area (Å²) in [5.41, 5.74) is 1.09. The second-order valence-corrected chi connectivity index (χ2v) is 5.70. The van der Waals surface area contributed by atoms with Gasteiger partial charge in [-0.2, -0.15) is 0 Å². The van der Waals surface area contributed by atoms with Gasteiger partial charge in [0.15, 0.2) is 0 Å². The molecule has 8 heteroatoms. The van der Waals surface area contributed by atoms with E-state index in [1.807, 2.05) is 35.2 Å². The molecule has 0 radical (unpaired) electrons. The lowest BCUT2D eigenvalue weighted by Gasteiger charge is -2.35. The number of amides is 1. The van der Waals surface area contributed by atoms with E-state index in [9.17, 15) is 4.79 Å². The van der Waals surface area contributed by atoms with Crippen molar-refractivity contribution in [2.24, 2.45) is 0 Å². The van der Waals surface area contributed by atoms with Gasteiger partial charge in [0, 0.05) is 19.6 Å². The topological polar surface area (TPSA) is 116 Å². The van der Waals surface area contributed by atoms with Crippen LogP contribution in [-0.4, -0.2) is 58.3 Å². The quantitative estimate of drug-likeness (QED) is 0.688. The first-order valence-electron chi connectivity index (χ1n) is 7.60. The molecule has 1 saturated carbocycles. The van der Waals surface area contributed by atoms with E-state index >= 15 is 0 Å². The van der Waals surface area contributed by atoms with Crippen molar-refractivity contribution in [3.05, 3.63) is 35.9 Å². The Morgan fingerprint density at radius 1 is 1.12 bits per heavy atom. The highest BCUT2D eigenvalue weighted by Crippen LogP contribution is 2.42. The molecule has 1 aliphatic heterocycles. The number of rotatable bonds is 2. The third-order valence-electron chi connectivity index (χ3n) is 3.97. The van der Waals surface area contributed by atoms with Gasteiger partial charge in [-0.3, -0.25) is 4.90 Å². The number of carboxylic acids is 2. The van der Waals surface area contributed by atoms with E-state index in [1.165, 1.54) is 0 Å². The minimum absolute atomic E-state index is 0.0615. The van der Waals surface area contributed by atoms with Crippen LogP contribution >= 0.6 is 0 Å². The minimum atomic E-state index is -1.82. The molecule has 3 N–H and O–H groups in total. The molecule has 0 unspecified atom stereocenters. The predicted molar refractivity (Wildman–Crippen MR) is 83.4 cm³/mol. The van der Waals surface area contributed by atoms with Gasteiger partial charge in [0.25, 0.3) is 0 Å². The fourth-order valence-corrected chi connectivity index (χ4v) is 2.52. The van der Waals surface area contributed by atoms with E-state index in [0.717, 1.165) is 38.0 Å². The molecule has 3 rings (SSSR count). The first-order valence-corrected chi connectivity index (χ1v) is 7.60. The highest BCUT2D eigenvalue weighted by molar-refractivity contribution is 6.27. The number of piperazine rings is 1. The zero-order valence-electron chi connectivity index (χ0n) is 13.1. The Kier molecular flexibility index (Phi) is 5.75. The van der Waals surface area contributed by atoms with Crippen molar-refractivity contribution >= 4 is 18.0 Å². The number of hydrogen-bond donors (Lipinski definition) is 3. The molecule has 1 aromatic carbocycles. The van der Waals surface area contributed by atoms with Crippen LogP contribution in [0.1, 0.15) is 18.4 Å². The lowest BCUT2D eigenvalue weighted by Crippen LogP contribution is -2.55. The molecule has 1 amide bonds. The summed E-state index contributed by atoms with van der Waals surface area (Å²) in [6.45, 7) is 2.89. The average molecular weight is 336 g/mol. The SMILES string of the molecule is O=C(O)C(=O)O.O=C(OCc1ccccc1)N1CCNCC12CC2. The van der Waals surface area contributed by atoms with Gasteiger partial charge in [-0.15, -0.1) is 0 Å². The summed E-state index contributed by atoms with van der Waals surface area (Å²) >= 11 is 0. The van der Waals surface area contributed by atoms with Gasteiger partial charge in [-0.1, -0.05) is 30.3 Å². The van der Waals surface area contributed by atoms with Crippen LogP contribution in [0.4, 0.5) is 4.79 Å². The van der Waals surface area contributed by atoms with Gasteiger partial charge in [0.1, 0.15) is 6.61 Å². The van der Waals surface area contributed by atoms with Crippen LogP contribution in [0.3, 0.4) is 0 Å². The van der Waals surface area contributed by atoms with Crippen molar-refractivity contribution < 1.29 is 29.3 Å². The monoisotopic (exact) mass is 336 g/mol. The molecular weight excluding hydrogens is 316 g/mol. The zero-order valence-corrected chi connectivity index (χ0v) is 13.1. The third kappa shape index (κ3) is 4.69. The molecule has 1 saturated heterocycles. The molecule has 1 heterocycles. The summed E-state index contributed by atoms with van der Waals surface area (Å²) in [4.78, 5) is 32.2. The molecule has 1 aliphatic carbocycles. The Bertz CT molecular complexity index is 588. The van der Waals surface area contributed by atoms with Crippen LogP contribution in [-0.2, 0) is 20.9 Å². The molecule has 1 spiro atoms. The largest absolute Gasteiger partial charge is 0.473 e. The molecule has 130 valence electrons. The number of hydrogen-bond acceptors (Lipinski definition) is 5.